The number of nitrogen functional groups attached to an aromatic ring is 1. The van der Waals surface area contributed by atoms with Crippen LogP contribution in [0.15, 0.2) is 30.5 Å². The Bertz CT molecular complexity index is 556. The van der Waals surface area contributed by atoms with E-state index in [1.807, 2.05) is 24.4 Å². The van der Waals surface area contributed by atoms with Crippen LogP contribution in [0, 0.1) is 0 Å². The lowest BCUT2D eigenvalue weighted by Gasteiger charge is -2.30. The molecule has 0 saturated heterocycles. The monoisotopic (exact) mass is 259 g/mol. The summed E-state index contributed by atoms with van der Waals surface area (Å²) in [5, 5.41) is 1.09. The van der Waals surface area contributed by atoms with Crippen LogP contribution in [0.2, 0.25) is 0 Å². The SMILES string of the molecule is CCN(c1ccnc2c(N)cccc12)C(C)COC. The molecule has 4 heteroatoms. The second-order valence-electron chi connectivity index (χ2n) is 4.66. The van der Waals surface area contributed by atoms with Crippen molar-refractivity contribution in [2.45, 2.75) is 19.9 Å². The van der Waals surface area contributed by atoms with Gasteiger partial charge in [0.15, 0.2) is 0 Å². The van der Waals surface area contributed by atoms with E-state index in [9.17, 15) is 0 Å². The number of nitrogens with zero attached hydrogens (tertiary/aromatic N) is 2. The lowest BCUT2D eigenvalue weighted by atomic mass is 10.1. The predicted molar refractivity (Wildman–Crippen MR) is 80.5 cm³/mol. The summed E-state index contributed by atoms with van der Waals surface area (Å²) in [6, 6.07) is 8.27. The third kappa shape index (κ3) is 2.63. The first-order valence-corrected chi connectivity index (χ1v) is 6.57. The highest BCUT2D eigenvalue weighted by Crippen LogP contribution is 2.29. The van der Waals surface area contributed by atoms with Crippen LogP contribution < -0.4 is 10.6 Å². The van der Waals surface area contributed by atoms with Gasteiger partial charge in [-0.15, -0.1) is 0 Å². The van der Waals surface area contributed by atoms with E-state index in [0.29, 0.717) is 12.6 Å². The maximum absolute atomic E-state index is 6.00. The van der Waals surface area contributed by atoms with E-state index >= 15 is 0 Å². The summed E-state index contributed by atoms with van der Waals surface area (Å²) in [6.07, 6.45) is 1.82. The quantitative estimate of drug-likeness (QED) is 0.839. The summed E-state index contributed by atoms with van der Waals surface area (Å²) in [6.45, 7) is 5.91. The molecule has 1 aromatic heterocycles. The van der Waals surface area contributed by atoms with Crippen LogP contribution in [0.3, 0.4) is 0 Å². The van der Waals surface area contributed by atoms with E-state index in [1.165, 1.54) is 0 Å². The molecule has 0 bridgehead atoms. The van der Waals surface area contributed by atoms with Crippen LogP contribution in [0.1, 0.15) is 13.8 Å². The lowest BCUT2D eigenvalue weighted by Crippen LogP contribution is -2.36. The number of likely N-dealkylation sites (N-methyl/N-ethyl adjacent to an activating group) is 1. The van der Waals surface area contributed by atoms with E-state index in [4.69, 9.17) is 10.5 Å². The van der Waals surface area contributed by atoms with E-state index < -0.39 is 0 Å². The fraction of sp³-hybridized carbons (Fsp3) is 0.400. The molecule has 102 valence electrons. The summed E-state index contributed by atoms with van der Waals surface area (Å²) in [5.74, 6) is 0. The number of hydrogen-bond acceptors (Lipinski definition) is 4. The van der Waals surface area contributed by atoms with Crippen LogP contribution in [0.25, 0.3) is 10.9 Å². The average molecular weight is 259 g/mol. The molecule has 0 aliphatic heterocycles. The zero-order chi connectivity index (χ0) is 13.8. The molecule has 1 heterocycles. The van der Waals surface area contributed by atoms with Gasteiger partial charge in [0.05, 0.1) is 17.8 Å². The topological polar surface area (TPSA) is 51.4 Å². The van der Waals surface area contributed by atoms with Crippen molar-refractivity contribution in [1.29, 1.82) is 0 Å². The van der Waals surface area contributed by atoms with Crippen LogP contribution >= 0.6 is 0 Å². The van der Waals surface area contributed by atoms with Crippen LogP contribution in [0.4, 0.5) is 11.4 Å². The fourth-order valence-corrected chi connectivity index (χ4v) is 2.49. The number of pyridine rings is 1. The number of rotatable bonds is 5. The first-order valence-electron chi connectivity index (χ1n) is 6.57. The minimum Gasteiger partial charge on any atom is -0.397 e. The van der Waals surface area contributed by atoms with Crippen molar-refractivity contribution in [1.82, 2.24) is 4.98 Å². The van der Waals surface area contributed by atoms with Crippen molar-refractivity contribution in [3.05, 3.63) is 30.5 Å². The van der Waals surface area contributed by atoms with E-state index in [0.717, 1.165) is 28.8 Å². The van der Waals surface area contributed by atoms with Crippen molar-refractivity contribution >= 4 is 22.3 Å². The highest BCUT2D eigenvalue weighted by atomic mass is 16.5. The summed E-state index contributed by atoms with van der Waals surface area (Å²) in [4.78, 5) is 6.69. The summed E-state index contributed by atoms with van der Waals surface area (Å²) < 4.78 is 5.26. The zero-order valence-corrected chi connectivity index (χ0v) is 11.8. The number of aromatic nitrogens is 1. The van der Waals surface area contributed by atoms with Gasteiger partial charge in [-0.1, -0.05) is 12.1 Å². The van der Waals surface area contributed by atoms with Gasteiger partial charge in [0, 0.05) is 37.0 Å². The number of para-hydroxylation sites is 1. The Morgan fingerprint density at radius 3 is 2.84 bits per heavy atom. The first kappa shape index (κ1) is 13.6. The Morgan fingerprint density at radius 2 is 2.16 bits per heavy atom. The molecule has 19 heavy (non-hydrogen) atoms. The molecular formula is C15H21N3O. The maximum Gasteiger partial charge on any atom is 0.0951 e. The molecule has 0 fully saturated rings. The number of ether oxygens (including phenoxy) is 1. The lowest BCUT2D eigenvalue weighted by molar-refractivity contribution is 0.182. The van der Waals surface area contributed by atoms with Gasteiger partial charge in [-0.3, -0.25) is 4.98 Å². The molecule has 0 aliphatic carbocycles. The zero-order valence-electron chi connectivity index (χ0n) is 11.8. The molecule has 4 nitrogen and oxygen atoms in total. The highest BCUT2D eigenvalue weighted by molar-refractivity contribution is 5.98. The summed E-state index contributed by atoms with van der Waals surface area (Å²) >= 11 is 0. The Balaban J connectivity index is 2.51. The largest absolute Gasteiger partial charge is 0.397 e. The second-order valence-corrected chi connectivity index (χ2v) is 4.66. The van der Waals surface area contributed by atoms with E-state index in [1.54, 1.807) is 7.11 Å². The Morgan fingerprint density at radius 1 is 1.37 bits per heavy atom. The first-order chi connectivity index (χ1) is 9.19. The second kappa shape index (κ2) is 5.89. The van der Waals surface area contributed by atoms with Crippen molar-refractivity contribution in [3.8, 4) is 0 Å². The van der Waals surface area contributed by atoms with Crippen LogP contribution in [0.5, 0.6) is 0 Å². The van der Waals surface area contributed by atoms with Crippen LogP contribution in [-0.2, 0) is 4.74 Å². The molecule has 0 amide bonds. The molecule has 1 unspecified atom stereocenters. The Hall–Kier alpha value is -1.81. The number of hydrogen-bond donors (Lipinski definition) is 1. The third-order valence-corrected chi connectivity index (χ3v) is 3.37. The van der Waals surface area contributed by atoms with Gasteiger partial charge in [-0.05, 0) is 26.0 Å². The molecule has 0 radical (unpaired) electrons. The molecule has 2 aromatic rings. The summed E-state index contributed by atoms with van der Waals surface area (Å²) in [5.41, 5.74) is 8.73. The average Bonchev–Trinajstić information content (AvgIpc) is 2.41. The van der Waals surface area contributed by atoms with Gasteiger partial charge >= 0.3 is 0 Å². The summed E-state index contributed by atoms with van der Waals surface area (Å²) in [7, 11) is 1.73. The van der Waals surface area contributed by atoms with Crippen molar-refractivity contribution in [2.75, 3.05) is 30.9 Å². The molecule has 1 aromatic carbocycles. The van der Waals surface area contributed by atoms with Gasteiger partial charge in [0.1, 0.15) is 0 Å². The standard InChI is InChI=1S/C15H21N3O/c1-4-18(11(2)10-19-3)14-8-9-17-15-12(14)6-5-7-13(15)16/h5-9,11H,4,10,16H2,1-3H3. The van der Waals surface area contributed by atoms with Gasteiger partial charge in [-0.2, -0.15) is 0 Å². The van der Waals surface area contributed by atoms with Crippen molar-refractivity contribution in [3.63, 3.8) is 0 Å². The Labute approximate surface area is 114 Å². The molecule has 1 atom stereocenters. The minimum atomic E-state index is 0.307. The Kier molecular flexibility index (Phi) is 4.22. The highest BCUT2D eigenvalue weighted by Gasteiger charge is 2.15. The van der Waals surface area contributed by atoms with Crippen LogP contribution in [-0.4, -0.2) is 31.3 Å². The fourth-order valence-electron chi connectivity index (χ4n) is 2.49. The number of nitrogens with two attached hydrogens (primary N) is 1. The number of methoxy groups -OCH3 is 1. The molecule has 0 saturated carbocycles. The van der Waals surface area contributed by atoms with Gasteiger partial charge in [0.2, 0.25) is 0 Å². The molecular weight excluding hydrogens is 238 g/mol. The smallest absolute Gasteiger partial charge is 0.0951 e. The van der Waals surface area contributed by atoms with Gasteiger partial charge in [-0.25, -0.2) is 0 Å². The number of anilines is 2. The van der Waals surface area contributed by atoms with Gasteiger partial charge in [0.25, 0.3) is 0 Å². The predicted octanol–water partition coefficient (Wildman–Crippen LogP) is 2.68. The molecule has 0 spiro atoms. The number of fused-ring (bicyclic) bond motifs is 1. The number of benzene rings is 1. The van der Waals surface area contributed by atoms with Crippen molar-refractivity contribution in [2.24, 2.45) is 0 Å². The minimum absolute atomic E-state index is 0.307. The molecule has 2 N–H and O–H groups in total. The maximum atomic E-state index is 6.00. The third-order valence-electron chi connectivity index (χ3n) is 3.37. The normalized spacial score (nSPS) is 12.6. The molecule has 0 aliphatic rings. The molecule has 2 rings (SSSR count). The van der Waals surface area contributed by atoms with Crippen molar-refractivity contribution < 1.29 is 4.74 Å². The van der Waals surface area contributed by atoms with E-state index in [-0.39, 0.29) is 0 Å². The van der Waals surface area contributed by atoms with Gasteiger partial charge < -0.3 is 15.4 Å². The van der Waals surface area contributed by atoms with E-state index in [2.05, 4.69) is 29.8 Å².